The third-order valence-electron chi connectivity index (χ3n) is 2.14. The molecule has 0 aliphatic heterocycles. The van der Waals surface area contributed by atoms with Gasteiger partial charge in [-0.1, -0.05) is 31.5 Å². The fourth-order valence-corrected chi connectivity index (χ4v) is 1.36. The van der Waals surface area contributed by atoms with Gasteiger partial charge in [-0.3, -0.25) is 0 Å². The molecule has 72 valence electrons. The number of halogens is 1. The number of rotatable bonds is 3. The summed E-state index contributed by atoms with van der Waals surface area (Å²) in [5.41, 5.74) is 1.01. The second kappa shape index (κ2) is 4.38. The molecule has 2 heteroatoms. The van der Waals surface area contributed by atoms with Gasteiger partial charge in [0.05, 0.1) is 6.10 Å². The quantitative estimate of drug-likeness (QED) is 0.762. The van der Waals surface area contributed by atoms with E-state index in [1.165, 1.54) is 0 Å². The Morgan fingerprint density at radius 3 is 2.77 bits per heavy atom. The van der Waals surface area contributed by atoms with E-state index in [1.807, 2.05) is 6.92 Å². The van der Waals surface area contributed by atoms with Gasteiger partial charge in [-0.2, -0.15) is 0 Å². The fourth-order valence-electron chi connectivity index (χ4n) is 1.36. The molecular formula is C11H15FO. The molecule has 0 saturated carbocycles. The highest BCUT2D eigenvalue weighted by molar-refractivity contribution is 5.26. The van der Waals surface area contributed by atoms with Crippen LogP contribution < -0.4 is 0 Å². The summed E-state index contributed by atoms with van der Waals surface area (Å²) >= 11 is 0. The van der Waals surface area contributed by atoms with E-state index >= 15 is 0 Å². The van der Waals surface area contributed by atoms with Gasteiger partial charge >= 0.3 is 0 Å². The largest absolute Gasteiger partial charge is 0.388 e. The maximum absolute atomic E-state index is 13.4. The first-order chi connectivity index (χ1) is 6.16. The number of aliphatic hydroxyl groups is 1. The molecule has 1 N–H and O–H groups in total. The van der Waals surface area contributed by atoms with Gasteiger partial charge in [0, 0.05) is 5.56 Å². The summed E-state index contributed by atoms with van der Waals surface area (Å²) < 4.78 is 13.4. The number of benzene rings is 1. The first kappa shape index (κ1) is 10.2. The predicted molar refractivity (Wildman–Crippen MR) is 51.0 cm³/mol. The minimum Gasteiger partial charge on any atom is -0.388 e. The van der Waals surface area contributed by atoms with Crippen LogP contribution in [0, 0.1) is 12.7 Å². The Hall–Kier alpha value is -0.890. The maximum Gasteiger partial charge on any atom is 0.131 e. The Bertz CT molecular complexity index is 283. The Kier molecular flexibility index (Phi) is 3.43. The summed E-state index contributed by atoms with van der Waals surface area (Å²) in [6, 6.07) is 5.12. The zero-order chi connectivity index (χ0) is 9.84. The van der Waals surface area contributed by atoms with Crippen molar-refractivity contribution < 1.29 is 9.50 Å². The van der Waals surface area contributed by atoms with Crippen molar-refractivity contribution in [1.29, 1.82) is 0 Å². The molecule has 0 aliphatic rings. The van der Waals surface area contributed by atoms with Crippen molar-refractivity contribution in [3.63, 3.8) is 0 Å². The summed E-state index contributed by atoms with van der Waals surface area (Å²) in [7, 11) is 0. The Morgan fingerprint density at radius 1 is 1.46 bits per heavy atom. The monoisotopic (exact) mass is 182 g/mol. The Morgan fingerprint density at radius 2 is 2.15 bits per heavy atom. The number of hydrogen-bond donors (Lipinski definition) is 1. The smallest absolute Gasteiger partial charge is 0.131 e. The summed E-state index contributed by atoms with van der Waals surface area (Å²) in [5, 5.41) is 9.59. The van der Waals surface area contributed by atoms with Crippen LogP contribution in [0.1, 0.15) is 37.0 Å². The van der Waals surface area contributed by atoms with E-state index in [-0.39, 0.29) is 5.82 Å². The summed E-state index contributed by atoms with van der Waals surface area (Å²) in [4.78, 5) is 0. The van der Waals surface area contributed by atoms with Crippen LogP contribution in [0.5, 0.6) is 0 Å². The van der Waals surface area contributed by atoms with Crippen molar-refractivity contribution in [3.05, 3.63) is 35.1 Å². The molecule has 0 bridgehead atoms. The lowest BCUT2D eigenvalue weighted by atomic mass is 10.0. The van der Waals surface area contributed by atoms with Crippen molar-refractivity contribution in [3.8, 4) is 0 Å². The van der Waals surface area contributed by atoms with E-state index in [4.69, 9.17) is 0 Å². The van der Waals surface area contributed by atoms with Crippen molar-refractivity contribution >= 4 is 0 Å². The third-order valence-corrected chi connectivity index (χ3v) is 2.14. The lowest BCUT2D eigenvalue weighted by molar-refractivity contribution is 0.161. The minimum absolute atomic E-state index is 0.275. The van der Waals surface area contributed by atoms with E-state index in [0.717, 1.165) is 6.42 Å². The van der Waals surface area contributed by atoms with Gasteiger partial charge in [-0.25, -0.2) is 4.39 Å². The van der Waals surface area contributed by atoms with Crippen molar-refractivity contribution in [2.75, 3.05) is 0 Å². The fraction of sp³-hybridized carbons (Fsp3) is 0.455. The number of hydrogen-bond acceptors (Lipinski definition) is 1. The minimum atomic E-state index is -0.662. The molecule has 0 radical (unpaired) electrons. The normalized spacial score (nSPS) is 12.9. The molecule has 1 aromatic carbocycles. The van der Waals surface area contributed by atoms with Crippen molar-refractivity contribution in [2.24, 2.45) is 0 Å². The average molecular weight is 182 g/mol. The molecule has 0 heterocycles. The van der Waals surface area contributed by atoms with Crippen LogP contribution in [-0.2, 0) is 0 Å². The van der Waals surface area contributed by atoms with E-state index in [0.29, 0.717) is 17.5 Å². The molecular weight excluding hydrogens is 167 g/mol. The zero-order valence-corrected chi connectivity index (χ0v) is 8.05. The molecule has 1 aromatic rings. The molecule has 0 spiro atoms. The lowest BCUT2D eigenvalue weighted by Crippen LogP contribution is -2.01. The molecule has 13 heavy (non-hydrogen) atoms. The molecule has 1 atom stereocenters. The summed E-state index contributed by atoms with van der Waals surface area (Å²) in [6.45, 7) is 3.68. The van der Waals surface area contributed by atoms with Gasteiger partial charge in [-0.05, 0) is 18.9 Å². The predicted octanol–water partition coefficient (Wildman–Crippen LogP) is 2.97. The van der Waals surface area contributed by atoms with Crippen LogP contribution in [-0.4, -0.2) is 5.11 Å². The van der Waals surface area contributed by atoms with Gasteiger partial charge in [0.15, 0.2) is 0 Å². The molecule has 0 aromatic heterocycles. The zero-order valence-electron chi connectivity index (χ0n) is 8.05. The van der Waals surface area contributed by atoms with Crippen LogP contribution >= 0.6 is 0 Å². The van der Waals surface area contributed by atoms with Crippen LogP contribution in [0.4, 0.5) is 4.39 Å². The third kappa shape index (κ3) is 2.28. The van der Waals surface area contributed by atoms with Gasteiger partial charge in [-0.15, -0.1) is 0 Å². The SMILES string of the molecule is CCC[C@H](O)c1cccc(C)c1F. The van der Waals surface area contributed by atoms with E-state index in [9.17, 15) is 9.50 Å². The second-order valence-electron chi connectivity index (χ2n) is 3.28. The van der Waals surface area contributed by atoms with E-state index in [1.54, 1.807) is 25.1 Å². The topological polar surface area (TPSA) is 20.2 Å². The highest BCUT2D eigenvalue weighted by Crippen LogP contribution is 2.22. The second-order valence-corrected chi connectivity index (χ2v) is 3.28. The lowest BCUT2D eigenvalue weighted by Gasteiger charge is -2.11. The summed E-state index contributed by atoms with van der Waals surface area (Å²) in [5.74, 6) is -0.275. The van der Waals surface area contributed by atoms with Gasteiger partial charge in [0.25, 0.3) is 0 Å². The van der Waals surface area contributed by atoms with Crippen LogP contribution in [0.25, 0.3) is 0 Å². The molecule has 0 amide bonds. The number of aryl methyl sites for hydroxylation is 1. The Labute approximate surface area is 78.2 Å². The first-order valence-corrected chi connectivity index (χ1v) is 4.60. The van der Waals surface area contributed by atoms with Crippen LogP contribution in [0.2, 0.25) is 0 Å². The van der Waals surface area contributed by atoms with Gasteiger partial charge in [0.2, 0.25) is 0 Å². The van der Waals surface area contributed by atoms with E-state index in [2.05, 4.69) is 0 Å². The molecule has 0 aliphatic carbocycles. The standard InChI is InChI=1S/C11H15FO/c1-3-5-10(13)9-7-4-6-8(2)11(9)12/h4,6-7,10,13H,3,5H2,1-2H3/t10-/m0/s1. The molecule has 1 rings (SSSR count). The highest BCUT2D eigenvalue weighted by atomic mass is 19.1. The maximum atomic E-state index is 13.4. The average Bonchev–Trinajstić information content (AvgIpc) is 2.10. The highest BCUT2D eigenvalue weighted by Gasteiger charge is 2.12. The Balaban J connectivity index is 2.93. The van der Waals surface area contributed by atoms with Crippen molar-refractivity contribution in [2.45, 2.75) is 32.8 Å². The van der Waals surface area contributed by atoms with E-state index < -0.39 is 6.10 Å². The van der Waals surface area contributed by atoms with Crippen LogP contribution in [0.3, 0.4) is 0 Å². The molecule has 1 nitrogen and oxygen atoms in total. The molecule has 0 fully saturated rings. The van der Waals surface area contributed by atoms with Crippen molar-refractivity contribution in [1.82, 2.24) is 0 Å². The van der Waals surface area contributed by atoms with Gasteiger partial charge < -0.3 is 5.11 Å². The van der Waals surface area contributed by atoms with Crippen LogP contribution in [0.15, 0.2) is 18.2 Å². The van der Waals surface area contributed by atoms with Gasteiger partial charge in [0.1, 0.15) is 5.82 Å². The first-order valence-electron chi connectivity index (χ1n) is 4.60. The summed E-state index contributed by atoms with van der Waals surface area (Å²) in [6.07, 6.45) is 0.805. The molecule has 0 unspecified atom stereocenters. The molecule has 0 saturated heterocycles. The number of aliphatic hydroxyl groups excluding tert-OH is 1.